The van der Waals surface area contributed by atoms with Gasteiger partial charge in [0.05, 0.1) is 10.0 Å². The molecule has 16 heavy (non-hydrogen) atoms. The number of alkyl halides is 3. The molecule has 0 aliphatic carbocycles. The molecule has 0 aliphatic heterocycles. The molecule has 0 spiro atoms. The largest absolute Gasteiger partial charge is 0.417 e. The lowest BCUT2D eigenvalue weighted by Gasteiger charge is -2.12. The summed E-state index contributed by atoms with van der Waals surface area (Å²) in [5, 5.41) is 2.97. The Morgan fingerprint density at radius 1 is 1.44 bits per heavy atom. The van der Waals surface area contributed by atoms with Crippen LogP contribution < -0.4 is 5.32 Å². The Morgan fingerprint density at radius 3 is 2.50 bits per heavy atom. The van der Waals surface area contributed by atoms with Gasteiger partial charge in [-0.15, -0.1) is 0 Å². The van der Waals surface area contributed by atoms with Gasteiger partial charge in [-0.25, -0.2) is 4.98 Å². The molecule has 90 valence electrons. The zero-order chi connectivity index (χ0) is 12.3. The average molecular weight is 297 g/mol. The summed E-state index contributed by atoms with van der Waals surface area (Å²) in [6.07, 6.45) is -3.53. The molecule has 1 aromatic heterocycles. The minimum atomic E-state index is -4.36. The highest BCUT2D eigenvalue weighted by Crippen LogP contribution is 2.32. The first-order chi connectivity index (χ1) is 7.30. The van der Waals surface area contributed by atoms with E-state index >= 15 is 0 Å². The molecule has 0 saturated carbocycles. The van der Waals surface area contributed by atoms with Gasteiger partial charge in [-0.1, -0.05) is 13.8 Å². The number of pyridine rings is 1. The van der Waals surface area contributed by atoms with Gasteiger partial charge in [0.2, 0.25) is 0 Å². The fourth-order valence-electron chi connectivity index (χ4n) is 1.02. The molecule has 1 N–H and O–H groups in total. The normalized spacial score (nSPS) is 11.9. The Hall–Kier alpha value is -0.780. The van der Waals surface area contributed by atoms with E-state index in [9.17, 15) is 13.2 Å². The molecule has 1 aromatic rings. The van der Waals surface area contributed by atoms with Crippen molar-refractivity contribution in [1.82, 2.24) is 4.98 Å². The van der Waals surface area contributed by atoms with Gasteiger partial charge in [0.25, 0.3) is 0 Å². The number of aromatic nitrogens is 1. The third kappa shape index (κ3) is 3.66. The molecule has 6 heteroatoms. The van der Waals surface area contributed by atoms with E-state index in [2.05, 4.69) is 26.2 Å². The molecule has 0 radical (unpaired) electrons. The number of anilines is 1. The third-order valence-electron chi connectivity index (χ3n) is 1.85. The minimum absolute atomic E-state index is 0.322. The number of hydrogen-bond acceptors (Lipinski definition) is 2. The van der Waals surface area contributed by atoms with E-state index < -0.39 is 11.7 Å². The van der Waals surface area contributed by atoms with Crippen LogP contribution in [0.4, 0.5) is 19.0 Å². The van der Waals surface area contributed by atoms with Crippen LogP contribution in [0.2, 0.25) is 0 Å². The first kappa shape index (κ1) is 13.3. The standard InChI is InChI=1S/C10H12BrF3N2/c1-6(2)4-15-9-8(11)3-7(5-16-9)10(12,13)14/h3,5-6H,4H2,1-2H3,(H,15,16). The van der Waals surface area contributed by atoms with Gasteiger partial charge in [0.1, 0.15) is 5.82 Å². The van der Waals surface area contributed by atoms with Crippen LogP contribution in [0.5, 0.6) is 0 Å². The van der Waals surface area contributed by atoms with Crippen LogP contribution in [0.3, 0.4) is 0 Å². The van der Waals surface area contributed by atoms with Gasteiger partial charge in [-0.05, 0) is 27.9 Å². The summed E-state index contributed by atoms with van der Waals surface area (Å²) >= 11 is 3.06. The van der Waals surface area contributed by atoms with E-state index in [0.717, 1.165) is 12.3 Å². The summed E-state index contributed by atoms with van der Waals surface area (Å²) in [6, 6.07) is 1.02. The number of nitrogens with one attached hydrogen (secondary N) is 1. The predicted molar refractivity (Wildman–Crippen MR) is 60.3 cm³/mol. The summed E-state index contributed by atoms with van der Waals surface area (Å²) in [4.78, 5) is 3.74. The molecule has 0 unspecified atom stereocenters. The van der Waals surface area contributed by atoms with E-state index in [1.54, 1.807) is 0 Å². The lowest BCUT2D eigenvalue weighted by atomic mass is 10.2. The molecule has 1 heterocycles. The van der Waals surface area contributed by atoms with Crippen molar-refractivity contribution in [3.63, 3.8) is 0 Å². The maximum Gasteiger partial charge on any atom is 0.417 e. The SMILES string of the molecule is CC(C)CNc1ncc(C(F)(F)F)cc1Br. The first-order valence-corrected chi connectivity index (χ1v) is 5.56. The molecule has 0 amide bonds. The Bertz CT molecular complexity index is 364. The molecule has 0 atom stereocenters. The van der Waals surface area contributed by atoms with Gasteiger partial charge in [-0.3, -0.25) is 0 Å². The molecular formula is C10H12BrF3N2. The van der Waals surface area contributed by atoms with Crippen LogP contribution in [-0.2, 0) is 6.18 Å². The molecule has 0 aromatic carbocycles. The Balaban J connectivity index is 2.84. The van der Waals surface area contributed by atoms with E-state index in [-0.39, 0.29) is 0 Å². The Kier molecular flexibility index (Phi) is 4.18. The topological polar surface area (TPSA) is 24.9 Å². The molecule has 1 rings (SSSR count). The minimum Gasteiger partial charge on any atom is -0.369 e. The van der Waals surface area contributed by atoms with Crippen molar-refractivity contribution >= 4 is 21.7 Å². The van der Waals surface area contributed by atoms with Crippen molar-refractivity contribution in [2.45, 2.75) is 20.0 Å². The van der Waals surface area contributed by atoms with E-state index in [1.165, 1.54) is 0 Å². The van der Waals surface area contributed by atoms with Crippen molar-refractivity contribution < 1.29 is 13.2 Å². The summed E-state index contributed by atoms with van der Waals surface area (Å²) in [5.74, 6) is 0.831. The average Bonchev–Trinajstić information content (AvgIpc) is 2.14. The number of halogens is 4. The van der Waals surface area contributed by atoms with E-state index in [1.807, 2.05) is 13.8 Å². The zero-order valence-electron chi connectivity index (χ0n) is 8.90. The smallest absolute Gasteiger partial charge is 0.369 e. The summed E-state index contributed by atoms with van der Waals surface area (Å²) in [6.45, 7) is 4.67. The first-order valence-electron chi connectivity index (χ1n) is 4.77. The van der Waals surface area contributed by atoms with E-state index in [4.69, 9.17) is 0 Å². The van der Waals surface area contributed by atoms with Crippen molar-refractivity contribution in [2.24, 2.45) is 5.92 Å². The van der Waals surface area contributed by atoms with Crippen LogP contribution >= 0.6 is 15.9 Å². The molecular weight excluding hydrogens is 285 g/mol. The monoisotopic (exact) mass is 296 g/mol. The Morgan fingerprint density at radius 2 is 2.06 bits per heavy atom. The number of hydrogen-bond donors (Lipinski definition) is 1. The maximum absolute atomic E-state index is 12.3. The maximum atomic E-state index is 12.3. The van der Waals surface area contributed by atoms with Crippen LogP contribution in [0.25, 0.3) is 0 Å². The second-order valence-electron chi connectivity index (χ2n) is 3.83. The van der Waals surface area contributed by atoms with Gasteiger partial charge in [-0.2, -0.15) is 13.2 Å². The second kappa shape index (κ2) is 5.03. The van der Waals surface area contributed by atoms with Crippen LogP contribution in [0.1, 0.15) is 19.4 Å². The van der Waals surface area contributed by atoms with Crippen molar-refractivity contribution in [1.29, 1.82) is 0 Å². The third-order valence-corrected chi connectivity index (χ3v) is 2.45. The molecule has 0 aliphatic rings. The zero-order valence-corrected chi connectivity index (χ0v) is 10.5. The summed E-state index contributed by atoms with van der Waals surface area (Å²) in [7, 11) is 0. The van der Waals surface area contributed by atoms with Crippen LogP contribution in [0.15, 0.2) is 16.7 Å². The highest BCUT2D eigenvalue weighted by atomic mass is 79.9. The quantitative estimate of drug-likeness (QED) is 0.914. The van der Waals surface area contributed by atoms with Gasteiger partial charge in [0.15, 0.2) is 0 Å². The second-order valence-corrected chi connectivity index (χ2v) is 4.68. The fraction of sp³-hybridized carbons (Fsp3) is 0.500. The molecule has 0 fully saturated rings. The van der Waals surface area contributed by atoms with Crippen molar-refractivity contribution in [3.8, 4) is 0 Å². The highest BCUT2D eigenvalue weighted by molar-refractivity contribution is 9.10. The number of rotatable bonds is 3. The van der Waals surface area contributed by atoms with E-state index in [0.29, 0.717) is 22.8 Å². The highest BCUT2D eigenvalue weighted by Gasteiger charge is 2.31. The van der Waals surface area contributed by atoms with Crippen molar-refractivity contribution in [2.75, 3.05) is 11.9 Å². The van der Waals surface area contributed by atoms with Gasteiger partial charge >= 0.3 is 6.18 Å². The predicted octanol–water partition coefficient (Wildman–Crippen LogP) is 3.93. The lowest BCUT2D eigenvalue weighted by Crippen LogP contribution is -2.11. The van der Waals surface area contributed by atoms with Crippen LogP contribution in [0, 0.1) is 5.92 Å². The Labute approximate surface area is 100 Å². The summed E-state index contributed by atoms with van der Waals surface area (Å²) in [5.41, 5.74) is -0.755. The summed E-state index contributed by atoms with van der Waals surface area (Å²) < 4.78 is 37.3. The number of nitrogens with zero attached hydrogens (tertiary/aromatic N) is 1. The van der Waals surface area contributed by atoms with Gasteiger partial charge in [0, 0.05) is 12.7 Å². The van der Waals surface area contributed by atoms with Gasteiger partial charge < -0.3 is 5.32 Å². The van der Waals surface area contributed by atoms with Crippen molar-refractivity contribution in [3.05, 3.63) is 22.3 Å². The van der Waals surface area contributed by atoms with Crippen LogP contribution in [-0.4, -0.2) is 11.5 Å². The lowest BCUT2D eigenvalue weighted by molar-refractivity contribution is -0.137. The molecule has 0 bridgehead atoms. The molecule has 2 nitrogen and oxygen atoms in total. The fourth-order valence-corrected chi connectivity index (χ4v) is 1.51. The molecule has 0 saturated heterocycles.